The second kappa shape index (κ2) is 13.3. The minimum atomic E-state index is -0.581. The third-order valence-corrected chi connectivity index (χ3v) is 5.85. The van der Waals surface area contributed by atoms with Crippen LogP contribution < -0.4 is 5.32 Å². The van der Waals surface area contributed by atoms with Gasteiger partial charge in [0.2, 0.25) is 5.91 Å². The SMILES string of the molecule is CCCCCCCCCCCC(=O)Nc1sc(C(=O)OC)c(C)c1C(=O)OC. The average Bonchev–Trinajstić information content (AvgIpc) is 3.01. The summed E-state index contributed by atoms with van der Waals surface area (Å²) in [6, 6.07) is 0. The third kappa shape index (κ3) is 7.62. The Morgan fingerprint density at radius 1 is 0.857 bits per heavy atom. The van der Waals surface area contributed by atoms with E-state index in [0.717, 1.165) is 30.6 Å². The van der Waals surface area contributed by atoms with Crippen molar-refractivity contribution in [3.63, 3.8) is 0 Å². The van der Waals surface area contributed by atoms with Crippen molar-refractivity contribution < 1.29 is 23.9 Å². The van der Waals surface area contributed by atoms with E-state index in [1.54, 1.807) is 6.92 Å². The summed E-state index contributed by atoms with van der Waals surface area (Å²) in [4.78, 5) is 36.5. The molecule has 0 aromatic carbocycles. The number of hydrogen-bond donors (Lipinski definition) is 1. The minimum Gasteiger partial charge on any atom is -0.465 e. The van der Waals surface area contributed by atoms with Crippen molar-refractivity contribution in [2.45, 2.75) is 78.1 Å². The van der Waals surface area contributed by atoms with Gasteiger partial charge in [-0.25, -0.2) is 9.59 Å². The molecule has 158 valence electrons. The molecule has 1 rings (SSSR count). The summed E-state index contributed by atoms with van der Waals surface area (Å²) in [5.41, 5.74) is 0.676. The van der Waals surface area contributed by atoms with Crippen LogP contribution in [0.15, 0.2) is 0 Å². The Kier molecular flexibility index (Phi) is 11.5. The van der Waals surface area contributed by atoms with Crippen LogP contribution >= 0.6 is 11.3 Å². The van der Waals surface area contributed by atoms with Crippen LogP contribution in [0.5, 0.6) is 0 Å². The van der Waals surface area contributed by atoms with Gasteiger partial charge in [-0.3, -0.25) is 4.79 Å². The molecule has 1 amide bonds. The molecule has 0 unspecified atom stereocenters. The highest BCUT2D eigenvalue weighted by Crippen LogP contribution is 2.34. The molecule has 0 radical (unpaired) electrons. The number of hydrogen-bond acceptors (Lipinski definition) is 6. The van der Waals surface area contributed by atoms with E-state index >= 15 is 0 Å². The van der Waals surface area contributed by atoms with Gasteiger partial charge < -0.3 is 14.8 Å². The average molecular weight is 412 g/mol. The molecule has 0 aliphatic heterocycles. The van der Waals surface area contributed by atoms with E-state index in [1.165, 1.54) is 52.7 Å². The number of carbonyl (C=O) groups excluding carboxylic acids is 3. The number of amides is 1. The largest absolute Gasteiger partial charge is 0.465 e. The third-order valence-electron chi connectivity index (χ3n) is 4.67. The van der Waals surface area contributed by atoms with E-state index in [2.05, 4.69) is 12.2 Å². The maximum absolute atomic E-state index is 12.3. The fourth-order valence-corrected chi connectivity index (χ4v) is 4.15. The Morgan fingerprint density at radius 2 is 1.39 bits per heavy atom. The second-order valence-electron chi connectivity index (χ2n) is 6.87. The fourth-order valence-electron chi connectivity index (χ4n) is 3.02. The zero-order valence-electron chi connectivity index (χ0n) is 17.5. The van der Waals surface area contributed by atoms with Gasteiger partial charge in [0.1, 0.15) is 9.88 Å². The maximum Gasteiger partial charge on any atom is 0.348 e. The van der Waals surface area contributed by atoms with Crippen LogP contribution in [0, 0.1) is 6.92 Å². The predicted octanol–water partition coefficient (Wildman–Crippen LogP) is 5.49. The van der Waals surface area contributed by atoms with Gasteiger partial charge in [-0.15, -0.1) is 11.3 Å². The van der Waals surface area contributed by atoms with Crippen molar-refractivity contribution in [2.24, 2.45) is 0 Å². The molecule has 6 nitrogen and oxygen atoms in total. The standard InChI is InChI=1S/C21H33NO5S/c1-5-6-7-8-9-10-11-12-13-14-16(23)22-19-17(20(24)26-3)15(2)18(28-19)21(25)27-4/h5-14H2,1-4H3,(H,22,23). The van der Waals surface area contributed by atoms with Crippen molar-refractivity contribution in [1.82, 2.24) is 0 Å². The summed E-state index contributed by atoms with van der Waals surface area (Å²) in [6.45, 7) is 3.86. The number of carbonyl (C=O) groups is 3. The van der Waals surface area contributed by atoms with Gasteiger partial charge in [0.05, 0.1) is 19.8 Å². The molecule has 1 heterocycles. The van der Waals surface area contributed by atoms with Crippen LogP contribution in [-0.4, -0.2) is 32.1 Å². The van der Waals surface area contributed by atoms with Crippen LogP contribution in [0.4, 0.5) is 5.00 Å². The van der Waals surface area contributed by atoms with E-state index in [-0.39, 0.29) is 11.5 Å². The van der Waals surface area contributed by atoms with Crippen LogP contribution in [0.25, 0.3) is 0 Å². The molecule has 1 aromatic rings. The van der Waals surface area contributed by atoms with Crippen molar-refractivity contribution in [3.8, 4) is 0 Å². The van der Waals surface area contributed by atoms with Gasteiger partial charge in [0, 0.05) is 6.42 Å². The lowest BCUT2D eigenvalue weighted by Gasteiger charge is -2.06. The lowest BCUT2D eigenvalue weighted by molar-refractivity contribution is -0.116. The number of rotatable bonds is 13. The smallest absolute Gasteiger partial charge is 0.348 e. The van der Waals surface area contributed by atoms with Gasteiger partial charge in [0.15, 0.2) is 0 Å². The highest BCUT2D eigenvalue weighted by molar-refractivity contribution is 7.18. The monoisotopic (exact) mass is 411 g/mol. The van der Waals surface area contributed by atoms with Crippen molar-refractivity contribution in [2.75, 3.05) is 19.5 Å². The van der Waals surface area contributed by atoms with Gasteiger partial charge in [-0.2, -0.15) is 0 Å². The highest BCUT2D eigenvalue weighted by atomic mass is 32.1. The number of methoxy groups -OCH3 is 2. The van der Waals surface area contributed by atoms with E-state index in [4.69, 9.17) is 9.47 Å². The van der Waals surface area contributed by atoms with E-state index in [9.17, 15) is 14.4 Å². The minimum absolute atomic E-state index is 0.161. The number of esters is 2. The number of ether oxygens (including phenoxy) is 2. The highest BCUT2D eigenvalue weighted by Gasteiger charge is 2.26. The zero-order valence-corrected chi connectivity index (χ0v) is 18.3. The summed E-state index contributed by atoms with van der Waals surface area (Å²) in [6.07, 6.45) is 11.0. The summed E-state index contributed by atoms with van der Waals surface area (Å²) < 4.78 is 9.53. The summed E-state index contributed by atoms with van der Waals surface area (Å²) >= 11 is 1.04. The number of unbranched alkanes of at least 4 members (excludes halogenated alkanes) is 8. The quantitative estimate of drug-likeness (QED) is 0.343. The summed E-state index contributed by atoms with van der Waals surface area (Å²) in [5, 5.41) is 3.10. The van der Waals surface area contributed by atoms with Crippen LogP contribution in [0.2, 0.25) is 0 Å². The normalized spacial score (nSPS) is 10.6. The molecular weight excluding hydrogens is 378 g/mol. The molecule has 0 saturated carbocycles. The first-order valence-corrected chi connectivity index (χ1v) is 10.9. The molecule has 0 aliphatic carbocycles. The molecule has 1 N–H and O–H groups in total. The Morgan fingerprint density at radius 3 is 1.93 bits per heavy atom. The molecule has 0 atom stereocenters. The van der Waals surface area contributed by atoms with Gasteiger partial charge in [-0.05, 0) is 18.9 Å². The van der Waals surface area contributed by atoms with Crippen molar-refractivity contribution in [3.05, 3.63) is 16.0 Å². The van der Waals surface area contributed by atoms with E-state index in [0.29, 0.717) is 21.9 Å². The summed E-state index contributed by atoms with van der Waals surface area (Å²) in [7, 11) is 2.55. The first-order valence-electron chi connectivity index (χ1n) is 10.1. The molecule has 0 fully saturated rings. The Hall–Kier alpha value is -1.89. The topological polar surface area (TPSA) is 81.7 Å². The number of thiophene rings is 1. The van der Waals surface area contributed by atoms with Crippen LogP contribution in [0.1, 0.15) is 96.7 Å². The predicted molar refractivity (Wildman–Crippen MR) is 112 cm³/mol. The van der Waals surface area contributed by atoms with Crippen molar-refractivity contribution >= 4 is 34.2 Å². The van der Waals surface area contributed by atoms with Crippen LogP contribution in [0.3, 0.4) is 0 Å². The van der Waals surface area contributed by atoms with E-state index in [1.807, 2.05) is 0 Å². The number of nitrogens with one attached hydrogen (secondary N) is 1. The molecule has 28 heavy (non-hydrogen) atoms. The van der Waals surface area contributed by atoms with Gasteiger partial charge in [-0.1, -0.05) is 58.3 Å². The summed E-state index contributed by atoms with van der Waals surface area (Å²) in [5.74, 6) is -1.28. The molecule has 1 aromatic heterocycles. The molecule has 0 bridgehead atoms. The molecular formula is C21H33NO5S. The fraction of sp³-hybridized carbons (Fsp3) is 0.667. The molecule has 0 spiro atoms. The molecule has 7 heteroatoms. The zero-order chi connectivity index (χ0) is 20.9. The van der Waals surface area contributed by atoms with Gasteiger partial charge in [0.25, 0.3) is 0 Å². The number of anilines is 1. The van der Waals surface area contributed by atoms with Crippen LogP contribution in [-0.2, 0) is 14.3 Å². The lowest BCUT2D eigenvalue weighted by Crippen LogP contribution is -2.13. The first-order chi connectivity index (χ1) is 13.5. The maximum atomic E-state index is 12.3. The van der Waals surface area contributed by atoms with Gasteiger partial charge >= 0.3 is 11.9 Å². The molecule has 0 saturated heterocycles. The second-order valence-corrected chi connectivity index (χ2v) is 7.89. The molecule has 0 aliphatic rings. The Balaban J connectivity index is 2.50. The lowest BCUT2D eigenvalue weighted by atomic mass is 10.1. The first kappa shape index (κ1) is 24.1. The van der Waals surface area contributed by atoms with E-state index < -0.39 is 11.9 Å². The Labute approximate surface area is 172 Å². The Bertz CT molecular complexity index is 653. The van der Waals surface area contributed by atoms with Crippen molar-refractivity contribution in [1.29, 1.82) is 0 Å².